The van der Waals surface area contributed by atoms with Crippen LogP contribution in [0.2, 0.25) is 0 Å². The van der Waals surface area contributed by atoms with Crippen molar-refractivity contribution in [2.24, 2.45) is 27.6 Å². The largest absolute Gasteiger partial charge is 0.393 e. The first-order valence-electron chi connectivity index (χ1n) is 9.97. The summed E-state index contributed by atoms with van der Waals surface area (Å²) in [6, 6.07) is 4.33. The second-order valence-corrected chi connectivity index (χ2v) is 8.93. The lowest BCUT2D eigenvalue weighted by atomic mass is 9.55. The van der Waals surface area contributed by atoms with E-state index in [1.807, 2.05) is 14.1 Å². The number of hydrogen-bond donors (Lipinski definition) is 2. The summed E-state index contributed by atoms with van der Waals surface area (Å²) < 4.78 is 0. The molecule has 0 radical (unpaired) electrons. The molecule has 5 unspecified atom stereocenters. The van der Waals surface area contributed by atoms with Crippen molar-refractivity contribution < 1.29 is 10.2 Å². The topological polar surface area (TPSA) is 68.4 Å². The minimum absolute atomic E-state index is 0.00392. The summed E-state index contributed by atoms with van der Waals surface area (Å²) in [7, 11) is 3.70. The molecular formula is C21H31N3O2. The quantitative estimate of drug-likeness (QED) is 0.635. The van der Waals surface area contributed by atoms with Crippen LogP contribution < -0.4 is 0 Å². The van der Waals surface area contributed by atoms with Crippen LogP contribution in [-0.4, -0.2) is 35.4 Å². The lowest BCUT2D eigenvalue weighted by molar-refractivity contribution is -0.0226. The van der Waals surface area contributed by atoms with E-state index in [4.69, 9.17) is 0 Å². The predicted molar refractivity (Wildman–Crippen MR) is 101 cm³/mol. The molecular weight excluding hydrogens is 326 g/mol. The van der Waals surface area contributed by atoms with Crippen molar-refractivity contribution in [2.45, 2.75) is 64.1 Å². The fraction of sp³-hybridized carbons (Fsp3) is 0.714. The molecule has 2 fully saturated rings. The van der Waals surface area contributed by atoms with Gasteiger partial charge >= 0.3 is 0 Å². The van der Waals surface area contributed by atoms with Crippen LogP contribution in [-0.2, 0) is 13.0 Å². The van der Waals surface area contributed by atoms with Crippen LogP contribution in [0.4, 0.5) is 5.69 Å². The molecule has 0 bridgehead atoms. The molecule has 1 aromatic rings. The molecule has 4 rings (SSSR count). The van der Waals surface area contributed by atoms with E-state index in [0.29, 0.717) is 17.8 Å². The Morgan fingerprint density at radius 1 is 1.19 bits per heavy atom. The summed E-state index contributed by atoms with van der Waals surface area (Å²) in [6.45, 7) is 2.31. The van der Waals surface area contributed by atoms with Gasteiger partial charge < -0.3 is 10.2 Å². The number of aliphatic hydroxyl groups excluding tert-OH is 2. The van der Waals surface area contributed by atoms with Gasteiger partial charge in [-0.25, -0.2) is 0 Å². The van der Waals surface area contributed by atoms with E-state index in [1.165, 1.54) is 17.5 Å². The SMILES string of the molecule is CN(C)/N=N/c1cc2c(cc1CO)CCC1C2CCC2(C)C(O)CCC12. The monoisotopic (exact) mass is 357 g/mol. The molecule has 26 heavy (non-hydrogen) atoms. The number of nitrogens with zero attached hydrogens (tertiary/aromatic N) is 3. The van der Waals surface area contributed by atoms with Crippen molar-refractivity contribution in [1.29, 1.82) is 0 Å². The highest BCUT2D eigenvalue weighted by Crippen LogP contribution is 2.61. The van der Waals surface area contributed by atoms with E-state index in [1.54, 1.807) is 5.01 Å². The van der Waals surface area contributed by atoms with Crippen LogP contribution in [0.15, 0.2) is 22.5 Å². The van der Waals surface area contributed by atoms with Gasteiger partial charge in [0.15, 0.2) is 0 Å². The van der Waals surface area contributed by atoms with Gasteiger partial charge in [-0.05, 0) is 78.9 Å². The minimum Gasteiger partial charge on any atom is -0.393 e. The van der Waals surface area contributed by atoms with Crippen LogP contribution in [0, 0.1) is 17.3 Å². The summed E-state index contributed by atoms with van der Waals surface area (Å²) in [5, 5.41) is 30.5. The highest BCUT2D eigenvalue weighted by molar-refractivity contribution is 5.53. The highest BCUT2D eigenvalue weighted by Gasteiger charge is 2.54. The van der Waals surface area contributed by atoms with Gasteiger partial charge in [-0.2, -0.15) is 0 Å². The molecule has 5 atom stereocenters. The summed E-state index contributed by atoms with van der Waals surface area (Å²) in [6.07, 6.45) is 6.51. The van der Waals surface area contributed by atoms with E-state index >= 15 is 0 Å². The predicted octanol–water partition coefficient (Wildman–Crippen LogP) is 3.96. The van der Waals surface area contributed by atoms with Crippen LogP contribution >= 0.6 is 0 Å². The van der Waals surface area contributed by atoms with Gasteiger partial charge in [-0.3, -0.25) is 5.01 Å². The van der Waals surface area contributed by atoms with Gasteiger partial charge in [-0.1, -0.05) is 18.2 Å². The molecule has 3 aliphatic rings. The average molecular weight is 357 g/mol. The Kier molecular flexibility index (Phi) is 4.56. The first kappa shape index (κ1) is 17.9. The fourth-order valence-corrected chi connectivity index (χ4v) is 5.99. The van der Waals surface area contributed by atoms with E-state index < -0.39 is 0 Å². The molecule has 142 valence electrons. The Bertz CT molecular complexity index is 717. The molecule has 0 spiro atoms. The van der Waals surface area contributed by atoms with Gasteiger partial charge in [-0.15, -0.1) is 5.11 Å². The number of fused-ring (bicyclic) bond motifs is 5. The summed E-state index contributed by atoms with van der Waals surface area (Å²) in [5.74, 6) is 1.86. The van der Waals surface area contributed by atoms with Crippen LogP contribution in [0.25, 0.3) is 0 Å². The zero-order valence-corrected chi connectivity index (χ0v) is 16.1. The molecule has 0 heterocycles. The zero-order valence-electron chi connectivity index (χ0n) is 16.1. The minimum atomic E-state index is -0.129. The second-order valence-electron chi connectivity index (χ2n) is 8.93. The first-order valence-corrected chi connectivity index (χ1v) is 9.97. The first-order chi connectivity index (χ1) is 12.4. The van der Waals surface area contributed by atoms with Crippen molar-refractivity contribution in [3.63, 3.8) is 0 Å². The van der Waals surface area contributed by atoms with Crippen molar-refractivity contribution in [1.82, 2.24) is 5.01 Å². The lowest BCUT2D eigenvalue weighted by Gasteiger charge is -2.50. The molecule has 2 N–H and O–H groups in total. The fourth-order valence-electron chi connectivity index (χ4n) is 5.99. The van der Waals surface area contributed by atoms with Gasteiger partial charge in [0.2, 0.25) is 0 Å². The third kappa shape index (κ3) is 2.76. The zero-order chi connectivity index (χ0) is 18.5. The Balaban J connectivity index is 1.70. The summed E-state index contributed by atoms with van der Waals surface area (Å²) >= 11 is 0. The Hall–Kier alpha value is -1.46. The Morgan fingerprint density at radius 2 is 2.00 bits per heavy atom. The number of aryl methyl sites for hydroxylation is 1. The Labute approximate surface area is 156 Å². The maximum Gasteiger partial charge on any atom is 0.0932 e. The molecule has 1 aromatic carbocycles. The van der Waals surface area contributed by atoms with Crippen molar-refractivity contribution in [3.05, 3.63) is 28.8 Å². The molecule has 2 saturated carbocycles. The van der Waals surface area contributed by atoms with Gasteiger partial charge in [0.25, 0.3) is 0 Å². The van der Waals surface area contributed by atoms with Crippen molar-refractivity contribution >= 4 is 5.69 Å². The van der Waals surface area contributed by atoms with E-state index in [0.717, 1.165) is 43.4 Å². The average Bonchev–Trinajstić information content (AvgIpc) is 2.94. The van der Waals surface area contributed by atoms with Gasteiger partial charge in [0.1, 0.15) is 0 Å². The molecule has 5 nitrogen and oxygen atoms in total. The van der Waals surface area contributed by atoms with Crippen molar-refractivity contribution in [3.8, 4) is 0 Å². The van der Waals surface area contributed by atoms with E-state index in [-0.39, 0.29) is 18.1 Å². The maximum atomic E-state index is 10.5. The standard InChI is InChI=1S/C21H31N3O2/c1-21-9-8-15-16(18(21)6-7-20(21)26)5-4-13-10-14(12-25)19(11-17(13)15)22-23-24(2)3/h10-11,15-16,18,20,25-26H,4-9,12H2,1-3H3/b23-22+. The number of rotatable bonds is 3. The summed E-state index contributed by atoms with van der Waals surface area (Å²) in [4.78, 5) is 0. The molecule has 0 aliphatic heterocycles. The lowest BCUT2D eigenvalue weighted by Crippen LogP contribution is -2.43. The van der Waals surface area contributed by atoms with Gasteiger partial charge in [0, 0.05) is 19.7 Å². The third-order valence-electron chi connectivity index (χ3n) is 7.38. The molecule has 0 aromatic heterocycles. The van der Waals surface area contributed by atoms with E-state index in [9.17, 15) is 10.2 Å². The van der Waals surface area contributed by atoms with E-state index in [2.05, 4.69) is 29.4 Å². The molecule has 0 amide bonds. The van der Waals surface area contributed by atoms with Gasteiger partial charge in [0.05, 0.1) is 18.4 Å². The number of hydrogen-bond acceptors (Lipinski definition) is 4. The van der Waals surface area contributed by atoms with Crippen LogP contribution in [0.5, 0.6) is 0 Å². The van der Waals surface area contributed by atoms with Crippen LogP contribution in [0.3, 0.4) is 0 Å². The smallest absolute Gasteiger partial charge is 0.0932 e. The maximum absolute atomic E-state index is 10.5. The number of aliphatic hydroxyl groups is 2. The third-order valence-corrected chi connectivity index (χ3v) is 7.38. The summed E-state index contributed by atoms with van der Waals surface area (Å²) in [5.41, 5.74) is 4.55. The van der Waals surface area contributed by atoms with Crippen molar-refractivity contribution in [2.75, 3.05) is 14.1 Å². The Morgan fingerprint density at radius 3 is 2.73 bits per heavy atom. The number of benzene rings is 1. The molecule has 5 heteroatoms. The molecule has 0 saturated heterocycles. The second kappa shape index (κ2) is 6.61. The molecule has 3 aliphatic carbocycles. The highest BCUT2D eigenvalue weighted by atomic mass is 16.3. The van der Waals surface area contributed by atoms with Crippen LogP contribution in [0.1, 0.15) is 61.6 Å². The normalized spacial score (nSPS) is 35.9.